The molecule has 0 saturated heterocycles. The molecule has 8 heteroatoms. The molecule has 0 atom stereocenters. The van der Waals surface area contributed by atoms with Gasteiger partial charge in [-0.2, -0.15) is 0 Å². The highest BCUT2D eigenvalue weighted by molar-refractivity contribution is 9.10. The van der Waals surface area contributed by atoms with E-state index in [2.05, 4.69) is 25.6 Å². The van der Waals surface area contributed by atoms with E-state index in [0.29, 0.717) is 27.5 Å². The Morgan fingerprint density at radius 2 is 1.96 bits per heavy atom. The van der Waals surface area contributed by atoms with Crippen molar-refractivity contribution in [3.8, 4) is 0 Å². The number of sulfonamides is 1. The van der Waals surface area contributed by atoms with Crippen molar-refractivity contribution >= 4 is 48.3 Å². The van der Waals surface area contributed by atoms with Crippen molar-refractivity contribution in [1.82, 2.24) is 4.98 Å². The molecule has 0 radical (unpaired) electrons. The zero-order valence-electron chi connectivity index (χ0n) is 14.4. The van der Waals surface area contributed by atoms with E-state index >= 15 is 0 Å². The Morgan fingerprint density at radius 3 is 2.70 bits per heavy atom. The first-order chi connectivity index (χ1) is 12.8. The van der Waals surface area contributed by atoms with Crippen LogP contribution in [0.1, 0.15) is 34.5 Å². The van der Waals surface area contributed by atoms with E-state index in [0.717, 1.165) is 23.9 Å². The van der Waals surface area contributed by atoms with Crippen molar-refractivity contribution in [2.45, 2.75) is 31.1 Å². The number of hydrogen-bond donors (Lipinski definition) is 2. The van der Waals surface area contributed by atoms with Crippen molar-refractivity contribution in [3.05, 3.63) is 57.4 Å². The average molecular weight is 451 g/mol. The summed E-state index contributed by atoms with van der Waals surface area (Å²) in [6.45, 7) is 1.67. The van der Waals surface area contributed by atoms with Crippen LogP contribution in [0.15, 0.2) is 39.7 Å². The van der Waals surface area contributed by atoms with Crippen LogP contribution in [-0.2, 0) is 16.4 Å². The predicted molar refractivity (Wildman–Crippen MR) is 105 cm³/mol. The minimum absolute atomic E-state index is 0.0448. The lowest BCUT2D eigenvalue weighted by Crippen LogP contribution is -2.15. The monoisotopic (exact) mass is 450 g/mol. The Bertz CT molecular complexity index is 1200. The third kappa shape index (κ3) is 3.17. The molecule has 1 aromatic heterocycles. The normalized spacial score (nSPS) is 14.4. The van der Waals surface area contributed by atoms with Crippen LogP contribution in [0.4, 0.5) is 10.1 Å². The minimum atomic E-state index is -4.00. The molecule has 140 valence electrons. The van der Waals surface area contributed by atoms with Crippen LogP contribution in [0.3, 0.4) is 0 Å². The van der Waals surface area contributed by atoms with Gasteiger partial charge in [0.05, 0.1) is 10.6 Å². The number of fused-ring (bicyclic) bond motifs is 3. The summed E-state index contributed by atoms with van der Waals surface area (Å²) in [6, 6.07) is 7.33. The third-order valence-corrected chi connectivity index (χ3v) is 6.75. The first-order valence-electron chi connectivity index (χ1n) is 8.42. The van der Waals surface area contributed by atoms with Crippen molar-refractivity contribution in [2.24, 2.45) is 0 Å². The number of H-pyrrole nitrogens is 1. The van der Waals surface area contributed by atoms with Gasteiger partial charge < -0.3 is 4.98 Å². The van der Waals surface area contributed by atoms with E-state index in [1.54, 1.807) is 19.1 Å². The number of carbonyl (C=O) groups is 1. The van der Waals surface area contributed by atoms with Gasteiger partial charge in [0.25, 0.3) is 10.0 Å². The second kappa shape index (κ2) is 6.45. The van der Waals surface area contributed by atoms with Gasteiger partial charge >= 0.3 is 0 Å². The molecule has 3 aromatic rings. The molecule has 27 heavy (non-hydrogen) atoms. The highest BCUT2D eigenvalue weighted by atomic mass is 79.9. The topological polar surface area (TPSA) is 79.0 Å². The highest BCUT2D eigenvalue weighted by Gasteiger charge is 2.25. The molecule has 4 rings (SSSR count). The summed E-state index contributed by atoms with van der Waals surface area (Å²) in [4.78, 5) is 15.5. The lowest BCUT2D eigenvalue weighted by molar-refractivity contribution is 0.0974. The second-order valence-corrected chi connectivity index (χ2v) is 9.21. The summed E-state index contributed by atoms with van der Waals surface area (Å²) >= 11 is 3.14. The summed E-state index contributed by atoms with van der Waals surface area (Å²) in [7, 11) is -4.00. The van der Waals surface area contributed by atoms with Crippen molar-refractivity contribution in [2.75, 3.05) is 4.72 Å². The lowest BCUT2D eigenvalue weighted by Gasteiger charge is -2.12. The van der Waals surface area contributed by atoms with E-state index < -0.39 is 15.8 Å². The fraction of sp³-hybridized carbons (Fsp3) is 0.211. The molecular weight excluding hydrogens is 435 g/mol. The molecule has 0 aliphatic heterocycles. The largest absolute Gasteiger partial charge is 0.358 e. The number of aromatic amines is 1. The minimum Gasteiger partial charge on any atom is -0.358 e. The predicted octanol–water partition coefficient (Wildman–Crippen LogP) is 4.70. The number of carbonyl (C=O) groups excluding carboxylic acids is 1. The second-order valence-electron chi connectivity index (χ2n) is 6.65. The van der Waals surface area contributed by atoms with E-state index in [-0.39, 0.29) is 16.4 Å². The summed E-state index contributed by atoms with van der Waals surface area (Å²) in [6.07, 6.45) is 2.05. The van der Waals surface area contributed by atoms with Gasteiger partial charge in [-0.25, -0.2) is 12.8 Å². The molecule has 1 aliphatic rings. The number of aromatic nitrogens is 1. The lowest BCUT2D eigenvalue weighted by atomic mass is 9.94. The molecule has 2 aromatic carbocycles. The molecule has 0 spiro atoms. The smallest absolute Gasteiger partial charge is 0.262 e. The van der Waals surface area contributed by atoms with E-state index in [1.807, 2.05) is 0 Å². The summed E-state index contributed by atoms with van der Waals surface area (Å²) < 4.78 is 42.5. The molecule has 0 saturated carbocycles. The molecular formula is C19H16BrFN2O3S. The van der Waals surface area contributed by atoms with Gasteiger partial charge in [-0.1, -0.05) is 15.9 Å². The molecule has 5 nitrogen and oxygen atoms in total. The van der Waals surface area contributed by atoms with Crippen LogP contribution in [0.25, 0.3) is 10.9 Å². The van der Waals surface area contributed by atoms with Crippen LogP contribution in [0, 0.1) is 12.7 Å². The summed E-state index contributed by atoms with van der Waals surface area (Å²) in [5.74, 6) is -0.597. The number of Topliss-reactive ketones (excluding diaryl/α,β-unsaturated/α-hetero) is 1. The quantitative estimate of drug-likeness (QED) is 0.606. The average Bonchev–Trinajstić information content (AvgIpc) is 2.95. The molecule has 0 unspecified atom stereocenters. The molecule has 1 heterocycles. The van der Waals surface area contributed by atoms with Crippen LogP contribution in [0.2, 0.25) is 0 Å². The van der Waals surface area contributed by atoms with Gasteiger partial charge in [-0.3, -0.25) is 9.52 Å². The highest BCUT2D eigenvalue weighted by Crippen LogP contribution is 2.33. The standard InChI is InChI=1S/C19H16BrFN2O3S/c1-10-7-12-16(22-15-3-2-4-17(24)19(12)15)9-18(10)27(25,26)23-14-6-5-11(20)8-13(14)21/h5-9,22-23H,2-4H2,1H3. The number of ketones is 1. The molecule has 0 fully saturated rings. The van der Waals surface area contributed by atoms with Gasteiger partial charge in [-0.15, -0.1) is 0 Å². The number of anilines is 1. The van der Waals surface area contributed by atoms with Crippen molar-refractivity contribution in [3.63, 3.8) is 0 Å². The van der Waals surface area contributed by atoms with E-state index in [9.17, 15) is 17.6 Å². The van der Waals surface area contributed by atoms with Crippen molar-refractivity contribution < 1.29 is 17.6 Å². The Balaban J connectivity index is 1.81. The van der Waals surface area contributed by atoms with Gasteiger partial charge in [0.15, 0.2) is 5.78 Å². The number of benzene rings is 2. The fourth-order valence-electron chi connectivity index (χ4n) is 3.50. The Kier molecular flexibility index (Phi) is 4.35. The molecule has 0 bridgehead atoms. The Hall–Kier alpha value is -2.19. The number of rotatable bonds is 3. The zero-order chi connectivity index (χ0) is 19.3. The number of aryl methyl sites for hydroxylation is 2. The number of halogens is 2. The maximum absolute atomic E-state index is 14.0. The first-order valence-corrected chi connectivity index (χ1v) is 10.7. The summed E-state index contributed by atoms with van der Waals surface area (Å²) in [5, 5.41) is 0.737. The maximum Gasteiger partial charge on any atom is 0.262 e. The molecule has 1 aliphatic carbocycles. The fourth-order valence-corrected chi connectivity index (χ4v) is 5.16. The molecule has 0 amide bonds. The van der Waals surface area contributed by atoms with Crippen LogP contribution < -0.4 is 4.72 Å². The number of hydrogen-bond acceptors (Lipinski definition) is 3. The van der Waals surface area contributed by atoms with E-state index in [1.165, 1.54) is 18.2 Å². The van der Waals surface area contributed by atoms with E-state index in [4.69, 9.17) is 0 Å². The van der Waals surface area contributed by atoms with Gasteiger partial charge in [0, 0.05) is 33.1 Å². The van der Waals surface area contributed by atoms with Crippen molar-refractivity contribution in [1.29, 1.82) is 0 Å². The van der Waals surface area contributed by atoms with Gasteiger partial charge in [0.1, 0.15) is 5.82 Å². The Labute approximate surface area is 164 Å². The number of nitrogens with one attached hydrogen (secondary N) is 2. The van der Waals surface area contributed by atoms with Crippen LogP contribution in [0.5, 0.6) is 0 Å². The van der Waals surface area contributed by atoms with Crippen LogP contribution in [-0.4, -0.2) is 19.2 Å². The Morgan fingerprint density at radius 1 is 1.19 bits per heavy atom. The van der Waals surface area contributed by atoms with Crippen LogP contribution >= 0.6 is 15.9 Å². The first kappa shape index (κ1) is 18.2. The zero-order valence-corrected chi connectivity index (χ0v) is 16.8. The molecule has 2 N–H and O–H groups in total. The van der Waals surface area contributed by atoms with Gasteiger partial charge in [-0.05, 0) is 55.7 Å². The van der Waals surface area contributed by atoms with Gasteiger partial charge in [0.2, 0.25) is 0 Å². The maximum atomic E-state index is 14.0. The third-order valence-electron chi connectivity index (χ3n) is 4.75. The summed E-state index contributed by atoms with van der Waals surface area (Å²) in [5.41, 5.74) is 2.47. The SMILES string of the molecule is Cc1cc2c3c([nH]c2cc1S(=O)(=O)Nc1ccc(Br)cc1F)CCCC3=O.